The number of aryl methyl sites for hydroxylation is 2. The first-order valence-corrected chi connectivity index (χ1v) is 3.98. The van der Waals surface area contributed by atoms with Gasteiger partial charge in [-0.25, -0.2) is 5.43 Å². The molecule has 0 aliphatic rings. The summed E-state index contributed by atoms with van der Waals surface area (Å²) in [6.07, 6.45) is 0. The fourth-order valence-corrected chi connectivity index (χ4v) is 1.07. The van der Waals surface area contributed by atoms with Crippen molar-refractivity contribution in [2.45, 2.75) is 13.8 Å². The Morgan fingerprint density at radius 2 is 2.08 bits per heavy atom. The van der Waals surface area contributed by atoms with Crippen molar-refractivity contribution in [1.82, 2.24) is 5.43 Å². The predicted octanol–water partition coefficient (Wildman–Crippen LogP) is 1.14. The van der Waals surface area contributed by atoms with E-state index in [9.17, 15) is 0 Å². The summed E-state index contributed by atoms with van der Waals surface area (Å²) in [6.45, 7) is 4.73. The molecule has 1 rings (SSSR count). The van der Waals surface area contributed by atoms with Crippen molar-refractivity contribution >= 4 is 5.69 Å². The zero-order chi connectivity index (χ0) is 8.97. The van der Waals surface area contributed by atoms with E-state index in [1.807, 2.05) is 0 Å². The summed E-state index contributed by atoms with van der Waals surface area (Å²) in [5, 5.41) is 3.17. The van der Waals surface area contributed by atoms with E-state index >= 15 is 0 Å². The van der Waals surface area contributed by atoms with Crippen LogP contribution in [-0.2, 0) is 0 Å². The number of hydrogen-bond donors (Lipinski definition) is 3. The molecule has 66 valence electrons. The van der Waals surface area contributed by atoms with Crippen molar-refractivity contribution in [3.8, 4) is 0 Å². The third-order valence-corrected chi connectivity index (χ3v) is 1.77. The van der Waals surface area contributed by atoms with Gasteiger partial charge in [-0.15, -0.1) is 0 Å². The highest BCUT2D eigenvalue weighted by Gasteiger charge is 1.95. The maximum Gasteiger partial charge on any atom is 0.0780 e. The minimum atomic E-state index is 0.588. The minimum absolute atomic E-state index is 0.588. The first-order chi connectivity index (χ1) is 5.74. The van der Waals surface area contributed by atoms with Gasteiger partial charge in [-0.1, -0.05) is 12.1 Å². The van der Waals surface area contributed by atoms with E-state index in [-0.39, 0.29) is 0 Å². The lowest BCUT2D eigenvalue weighted by molar-refractivity contribution is 0.789. The second kappa shape index (κ2) is 4.09. The Bertz CT molecular complexity index is 258. The van der Waals surface area contributed by atoms with Crippen molar-refractivity contribution in [3.05, 3.63) is 29.3 Å². The van der Waals surface area contributed by atoms with Gasteiger partial charge in [-0.05, 0) is 31.0 Å². The van der Waals surface area contributed by atoms with Crippen LogP contribution in [-0.4, -0.2) is 6.67 Å². The third kappa shape index (κ3) is 2.22. The fraction of sp³-hybridized carbons (Fsp3) is 0.333. The smallest absolute Gasteiger partial charge is 0.0780 e. The van der Waals surface area contributed by atoms with Gasteiger partial charge in [0, 0.05) is 5.69 Å². The predicted molar refractivity (Wildman–Crippen MR) is 51.7 cm³/mol. The molecule has 12 heavy (non-hydrogen) atoms. The summed E-state index contributed by atoms with van der Waals surface area (Å²) in [6, 6.07) is 6.29. The molecule has 1 aromatic carbocycles. The number of anilines is 1. The van der Waals surface area contributed by atoms with Crippen LogP contribution in [0.3, 0.4) is 0 Å². The molecule has 0 spiro atoms. The van der Waals surface area contributed by atoms with Crippen LogP contribution >= 0.6 is 0 Å². The highest BCUT2D eigenvalue weighted by Crippen LogP contribution is 2.15. The molecule has 0 aliphatic carbocycles. The summed E-state index contributed by atoms with van der Waals surface area (Å²) in [7, 11) is 0. The highest BCUT2D eigenvalue weighted by molar-refractivity contribution is 5.52. The molecule has 0 saturated carbocycles. The van der Waals surface area contributed by atoms with Crippen LogP contribution in [0.15, 0.2) is 18.2 Å². The highest BCUT2D eigenvalue weighted by atomic mass is 15.3. The Morgan fingerprint density at radius 1 is 1.33 bits per heavy atom. The molecule has 0 unspecified atom stereocenters. The number of hydrazine groups is 1. The molecule has 4 N–H and O–H groups in total. The van der Waals surface area contributed by atoms with Gasteiger partial charge >= 0.3 is 0 Å². The molecule has 0 aromatic heterocycles. The zero-order valence-electron chi connectivity index (χ0n) is 7.52. The van der Waals surface area contributed by atoms with Gasteiger partial charge in [0.15, 0.2) is 0 Å². The van der Waals surface area contributed by atoms with Gasteiger partial charge in [-0.3, -0.25) is 5.84 Å². The van der Waals surface area contributed by atoms with Gasteiger partial charge < -0.3 is 5.32 Å². The summed E-state index contributed by atoms with van der Waals surface area (Å²) in [4.78, 5) is 0. The van der Waals surface area contributed by atoms with E-state index < -0.39 is 0 Å². The Kier molecular flexibility index (Phi) is 3.08. The molecular formula is C9H15N3. The Hall–Kier alpha value is -1.06. The SMILES string of the molecule is Cc1ccc(C)c(NCNN)c1. The molecule has 0 amide bonds. The van der Waals surface area contributed by atoms with Crippen LogP contribution < -0.4 is 16.6 Å². The number of nitrogens with two attached hydrogens (primary N) is 1. The summed E-state index contributed by atoms with van der Waals surface area (Å²) in [5.74, 6) is 5.15. The van der Waals surface area contributed by atoms with E-state index in [4.69, 9.17) is 5.84 Å². The van der Waals surface area contributed by atoms with Crippen molar-refractivity contribution in [1.29, 1.82) is 0 Å². The first kappa shape index (κ1) is 9.03. The number of hydrogen-bond acceptors (Lipinski definition) is 3. The standard InChI is InChI=1S/C9H15N3/c1-7-3-4-8(2)9(5-7)11-6-12-10/h3-5,11-12H,6,10H2,1-2H3. The lowest BCUT2D eigenvalue weighted by atomic mass is 10.1. The molecule has 3 nitrogen and oxygen atoms in total. The third-order valence-electron chi connectivity index (χ3n) is 1.77. The monoisotopic (exact) mass is 165 g/mol. The molecule has 3 heteroatoms. The molecule has 0 heterocycles. The second-order valence-electron chi connectivity index (χ2n) is 2.88. The average Bonchev–Trinajstić information content (AvgIpc) is 2.07. The van der Waals surface area contributed by atoms with Crippen LogP contribution in [0.4, 0.5) is 5.69 Å². The fourth-order valence-electron chi connectivity index (χ4n) is 1.07. The van der Waals surface area contributed by atoms with Crippen molar-refractivity contribution in [2.24, 2.45) is 5.84 Å². The average molecular weight is 165 g/mol. The van der Waals surface area contributed by atoms with Crippen LogP contribution in [0.5, 0.6) is 0 Å². The molecule has 0 bridgehead atoms. The summed E-state index contributed by atoms with van der Waals surface area (Å²) < 4.78 is 0. The Labute approximate surface area is 72.9 Å². The summed E-state index contributed by atoms with van der Waals surface area (Å²) in [5.41, 5.74) is 6.17. The van der Waals surface area contributed by atoms with Gasteiger partial charge in [0.1, 0.15) is 0 Å². The molecule has 0 aliphatic heterocycles. The molecule has 0 saturated heterocycles. The van der Waals surface area contributed by atoms with Gasteiger partial charge in [-0.2, -0.15) is 0 Å². The van der Waals surface area contributed by atoms with E-state index in [1.54, 1.807) is 0 Å². The van der Waals surface area contributed by atoms with E-state index in [0.717, 1.165) is 5.69 Å². The molecular weight excluding hydrogens is 150 g/mol. The Morgan fingerprint density at radius 3 is 2.75 bits per heavy atom. The van der Waals surface area contributed by atoms with Crippen molar-refractivity contribution in [2.75, 3.05) is 12.0 Å². The second-order valence-corrected chi connectivity index (χ2v) is 2.88. The topological polar surface area (TPSA) is 50.1 Å². The number of nitrogens with one attached hydrogen (secondary N) is 2. The van der Waals surface area contributed by atoms with Crippen LogP contribution in [0.2, 0.25) is 0 Å². The van der Waals surface area contributed by atoms with Crippen LogP contribution in [0.1, 0.15) is 11.1 Å². The van der Waals surface area contributed by atoms with Crippen molar-refractivity contribution < 1.29 is 0 Å². The van der Waals surface area contributed by atoms with Crippen LogP contribution in [0, 0.1) is 13.8 Å². The molecule has 1 aromatic rings. The minimum Gasteiger partial charge on any atom is -0.371 e. The summed E-state index contributed by atoms with van der Waals surface area (Å²) >= 11 is 0. The maximum absolute atomic E-state index is 5.15. The normalized spacial score (nSPS) is 9.92. The van der Waals surface area contributed by atoms with Gasteiger partial charge in [0.25, 0.3) is 0 Å². The first-order valence-electron chi connectivity index (χ1n) is 3.98. The van der Waals surface area contributed by atoms with Gasteiger partial charge in [0.2, 0.25) is 0 Å². The largest absolute Gasteiger partial charge is 0.371 e. The zero-order valence-corrected chi connectivity index (χ0v) is 7.52. The van der Waals surface area contributed by atoms with E-state index in [2.05, 4.69) is 42.8 Å². The van der Waals surface area contributed by atoms with E-state index in [0.29, 0.717) is 6.67 Å². The lowest BCUT2D eigenvalue weighted by Gasteiger charge is -2.09. The number of benzene rings is 1. The maximum atomic E-state index is 5.15. The molecule has 0 atom stereocenters. The molecule has 0 radical (unpaired) electrons. The van der Waals surface area contributed by atoms with E-state index in [1.165, 1.54) is 11.1 Å². The van der Waals surface area contributed by atoms with Gasteiger partial charge in [0.05, 0.1) is 6.67 Å². The van der Waals surface area contributed by atoms with Crippen LogP contribution in [0.25, 0.3) is 0 Å². The Balaban J connectivity index is 2.75. The van der Waals surface area contributed by atoms with Crippen molar-refractivity contribution in [3.63, 3.8) is 0 Å². The molecule has 0 fully saturated rings. The quantitative estimate of drug-likeness (QED) is 0.357. The number of rotatable bonds is 3. The lowest BCUT2D eigenvalue weighted by Crippen LogP contribution is -2.28.